The van der Waals surface area contributed by atoms with Crippen molar-refractivity contribution >= 4 is 6.21 Å². The molecular formula is C12H9NO. The summed E-state index contributed by atoms with van der Waals surface area (Å²) >= 11 is 0. The number of aryl methyl sites for hydroxylation is 1. The highest BCUT2D eigenvalue weighted by atomic mass is 16.6. The van der Waals surface area contributed by atoms with Gasteiger partial charge in [0.25, 0.3) is 0 Å². The van der Waals surface area contributed by atoms with Crippen LogP contribution in [0.15, 0.2) is 23.4 Å². The summed E-state index contributed by atoms with van der Waals surface area (Å²) in [6.45, 7) is 1.96. The minimum atomic E-state index is 0.803. The Morgan fingerprint density at radius 2 is 2.21 bits per heavy atom. The maximum Gasteiger partial charge on any atom is 0.145 e. The van der Waals surface area contributed by atoms with Crippen LogP contribution in [0.25, 0.3) is 0 Å². The molecule has 0 saturated heterocycles. The molecule has 68 valence electrons. The van der Waals surface area contributed by atoms with Gasteiger partial charge in [-0.3, -0.25) is 0 Å². The number of hydrogen-bond donors (Lipinski definition) is 0. The Kier molecular flexibility index (Phi) is 3.35. The summed E-state index contributed by atoms with van der Waals surface area (Å²) in [5, 5.41) is 3.57. The van der Waals surface area contributed by atoms with Crippen LogP contribution in [0.4, 0.5) is 0 Å². The molecule has 0 unspecified atom stereocenters. The topological polar surface area (TPSA) is 21.6 Å². The molecule has 1 aromatic carbocycles. The molecule has 1 aromatic rings. The van der Waals surface area contributed by atoms with E-state index in [-0.39, 0.29) is 0 Å². The van der Waals surface area contributed by atoms with Crippen LogP contribution in [0.5, 0.6) is 0 Å². The molecule has 0 aliphatic rings. The van der Waals surface area contributed by atoms with Gasteiger partial charge in [-0.2, -0.15) is 0 Å². The highest BCUT2D eigenvalue weighted by Gasteiger charge is 1.95. The van der Waals surface area contributed by atoms with Gasteiger partial charge in [-0.1, -0.05) is 23.6 Å². The SMILES string of the molecule is C#CO/N=C\c1cc(C#C)ccc1C. The van der Waals surface area contributed by atoms with E-state index in [0.717, 1.165) is 16.7 Å². The van der Waals surface area contributed by atoms with E-state index in [9.17, 15) is 0 Å². The largest absolute Gasteiger partial charge is 0.304 e. The van der Waals surface area contributed by atoms with E-state index in [1.807, 2.05) is 31.2 Å². The van der Waals surface area contributed by atoms with E-state index in [1.54, 1.807) is 0 Å². The maximum atomic E-state index is 5.27. The number of terminal acetylenes is 2. The molecule has 0 atom stereocenters. The van der Waals surface area contributed by atoms with Crippen LogP contribution in [0.1, 0.15) is 16.7 Å². The average molecular weight is 183 g/mol. The Labute approximate surface area is 83.6 Å². The zero-order valence-corrected chi connectivity index (χ0v) is 7.82. The van der Waals surface area contributed by atoms with E-state index in [0.29, 0.717) is 0 Å². The minimum Gasteiger partial charge on any atom is -0.304 e. The lowest BCUT2D eigenvalue weighted by molar-refractivity contribution is 0.302. The summed E-state index contributed by atoms with van der Waals surface area (Å²) < 4.78 is 0. The average Bonchev–Trinajstić information content (AvgIpc) is 2.21. The second-order valence-corrected chi connectivity index (χ2v) is 2.66. The van der Waals surface area contributed by atoms with Gasteiger partial charge in [-0.05, 0) is 24.6 Å². The Balaban J connectivity index is 2.97. The lowest BCUT2D eigenvalue weighted by Crippen LogP contribution is -1.88. The van der Waals surface area contributed by atoms with E-state index in [4.69, 9.17) is 12.8 Å². The third-order valence-corrected chi connectivity index (χ3v) is 1.74. The first-order valence-electron chi connectivity index (χ1n) is 4.00. The Morgan fingerprint density at radius 3 is 2.86 bits per heavy atom. The third-order valence-electron chi connectivity index (χ3n) is 1.74. The highest BCUT2D eigenvalue weighted by Crippen LogP contribution is 2.08. The molecule has 0 radical (unpaired) electrons. The molecule has 0 aromatic heterocycles. The van der Waals surface area contributed by atoms with E-state index in [1.165, 1.54) is 6.21 Å². The monoisotopic (exact) mass is 183 g/mol. The van der Waals surface area contributed by atoms with E-state index in [2.05, 4.69) is 15.9 Å². The molecule has 0 aliphatic heterocycles. The van der Waals surface area contributed by atoms with Crippen LogP contribution in [-0.4, -0.2) is 6.21 Å². The van der Waals surface area contributed by atoms with Gasteiger partial charge in [0.15, 0.2) is 0 Å². The summed E-state index contributed by atoms with van der Waals surface area (Å²) in [6.07, 6.45) is 13.6. The molecule has 0 spiro atoms. The highest BCUT2D eigenvalue weighted by molar-refractivity contribution is 5.81. The van der Waals surface area contributed by atoms with E-state index >= 15 is 0 Å². The van der Waals surface area contributed by atoms with Crippen molar-refractivity contribution in [3.05, 3.63) is 34.9 Å². The van der Waals surface area contributed by atoms with Gasteiger partial charge in [0.2, 0.25) is 0 Å². The van der Waals surface area contributed by atoms with Gasteiger partial charge >= 0.3 is 0 Å². The summed E-state index contributed by atoms with van der Waals surface area (Å²) in [5.74, 6) is 2.54. The molecule has 0 aliphatic carbocycles. The predicted molar refractivity (Wildman–Crippen MR) is 56.6 cm³/mol. The molecule has 0 bridgehead atoms. The van der Waals surface area contributed by atoms with Crippen LogP contribution in [-0.2, 0) is 4.84 Å². The predicted octanol–water partition coefficient (Wildman–Crippen LogP) is 1.92. The smallest absolute Gasteiger partial charge is 0.145 e. The van der Waals surface area contributed by atoms with Crippen molar-refractivity contribution < 1.29 is 4.84 Å². The van der Waals surface area contributed by atoms with Crippen molar-refractivity contribution in [2.75, 3.05) is 0 Å². The van der Waals surface area contributed by atoms with Gasteiger partial charge in [-0.25, -0.2) is 0 Å². The van der Waals surface area contributed by atoms with Crippen LogP contribution < -0.4 is 0 Å². The molecule has 0 fully saturated rings. The Hall–Kier alpha value is -2.19. The van der Waals surface area contributed by atoms with Crippen molar-refractivity contribution in [1.82, 2.24) is 0 Å². The standard InChI is InChI=1S/C12H9NO/c1-4-11-7-6-10(3)12(8-11)9-13-14-5-2/h1-2,6-9H,3H3/b13-9-. The van der Waals surface area contributed by atoms with Gasteiger partial charge in [0.05, 0.1) is 6.21 Å². The van der Waals surface area contributed by atoms with Gasteiger partial charge in [0, 0.05) is 11.1 Å². The second-order valence-electron chi connectivity index (χ2n) is 2.66. The van der Waals surface area contributed by atoms with Crippen molar-refractivity contribution in [2.45, 2.75) is 6.92 Å². The minimum absolute atomic E-state index is 0.803. The summed E-state index contributed by atoms with van der Waals surface area (Å²) in [4.78, 5) is 4.41. The van der Waals surface area contributed by atoms with E-state index < -0.39 is 0 Å². The number of oxime groups is 1. The Morgan fingerprint density at radius 1 is 1.43 bits per heavy atom. The molecule has 2 heteroatoms. The quantitative estimate of drug-likeness (QED) is 0.390. The van der Waals surface area contributed by atoms with Gasteiger partial charge < -0.3 is 4.84 Å². The third kappa shape index (κ3) is 2.40. The van der Waals surface area contributed by atoms with Crippen LogP contribution in [0.3, 0.4) is 0 Å². The summed E-state index contributed by atoms with van der Waals surface area (Å²) in [5.41, 5.74) is 2.77. The number of rotatable bonds is 2. The summed E-state index contributed by atoms with van der Waals surface area (Å²) in [7, 11) is 0. The molecule has 0 heterocycles. The fourth-order valence-corrected chi connectivity index (χ4v) is 0.983. The van der Waals surface area contributed by atoms with Crippen LogP contribution in [0.2, 0.25) is 0 Å². The second kappa shape index (κ2) is 4.74. The lowest BCUT2D eigenvalue weighted by Gasteiger charge is -1.99. The van der Waals surface area contributed by atoms with Crippen LogP contribution in [0, 0.1) is 31.8 Å². The first-order chi connectivity index (χ1) is 6.77. The fourth-order valence-electron chi connectivity index (χ4n) is 0.983. The van der Waals surface area contributed by atoms with Crippen molar-refractivity contribution in [3.63, 3.8) is 0 Å². The first kappa shape index (κ1) is 9.89. The molecule has 0 amide bonds. The molecule has 2 nitrogen and oxygen atoms in total. The zero-order chi connectivity index (χ0) is 10.4. The maximum absolute atomic E-state index is 5.27. The molecule has 0 saturated carbocycles. The zero-order valence-electron chi connectivity index (χ0n) is 7.82. The normalized spacial score (nSPS) is 9.36. The van der Waals surface area contributed by atoms with Gasteiger partial charge in [0.1, 0.15) is 6.11 Å². The summed E-state index contributed by atoms with van der Waals surface area (Å²) in [6, 6.07) is 5.64. The first-order valence-corrected chi connectivity index (χ1v) is 4.00. The number of nitrogens with zero attached hydrogens (tertiary/aromatic N) is 1. The molecule has 14 heavy (non-hydrogen) atoms. The fraction of sp³-hybridized carbons (Fsp3) is 0.0833. The van der Waals surface area contributed by atoms with Crippen molar-refractivity contribution in [1.29, 1.82) is 0 Å². The van der Waals surface area contributed by atoms with Crippen molar-refractivity contribution in [3.8, 4) is 24.9 Å². The molecule has 0 N–H and O–H groups in total. The van der Waals surface area contributed by atoms with Gasteiger partial charge in [-0.15, -0.1) is 6.42 Å². The Bertz CT molecular complexity index is 433. The number of benzene rings is 1. The van der Waals surface area contributed by atoms with Crippen LogP contribution >= 0.6 is 0 Å². The lowest BCUT2D eigenvalue weighted by atomic mass is 10.1. The molecular weight excluding hydrogens is 174 g/mol. The number of hydrogen-bond acceptors (Lipinski definition) is 2. The molecule has 1 rings (SSSR count). The van der Waals surface area contributed by atoms with Crippen molar-refractivity contribution in [2.24, 2.45) is 5.16 Å².